The standard InChI is InChI=1S/C14H19ClN2O2/c15-12-9-10(14(16)17-18)7-8-13(12)19-11-5-3-1-2-4-6-11/h7-9,11,18H,1-6H2,(H2,16,17). The minimum Gasteiger partial charge on any atom is -0.489 e. The highest BCUT2D eigenvalue weighted by Gasteiger charge is 2.15. The van der Waals surface area contributed by atoms with E-state index in [0.29, 0.717) is 16.3 Å². The quantitative estimate of drug-likeness (QED) is 0.293. The van der Waals surface area contributed by atoms with Crippen molar-refractivity contribution >= 4 is 17.4 Å². The number of hydrogen-bond donors (Lipinski definition) is 2. The second-order valence-electron chi connectivity index (χ2n) is 4.86. The van der Waals surface area contributed by atoms with Gasteiger partial charge in [0.15, 0.2) is 5.84 Å². The van der Waals surface area contributed by atoms with Crippen LogP contribution in [0, 0.1) is 0 Å². The van der Waals surface area contributed by atoms with Crippen molar-refractivity contribution in [1.29, 1.82) is 0 Å². The van der Waals surface area contributed by atoms with Crippen LogP contribution < -0.4 is 10.5 Å². The summed E-state index contributed by atoms with van der Waals surface area (Å²) in [5.41, 5.74) is 6.10. The van der Waals surface area contributed by atoms with Crippen LogP contribution in [0.15, 0.2) is 23.4 Å². The highest BCUT2D eigenvalue weighted by atomic mass is 35.5. The van der Waals surface area contributed by atoms with Gasteiger partial charge in [-0.05, 0) is 43.9 Å². The molecule has 3 N–H and O–H groups in total. The van der Waals surface area contributed by atoms with Gasteiger partial charge < -0.3 is 15.7 Å². The number of halogens is 1. The van der Waals surface area contributed by atoms with E-state index in [9.17, 15) is 0 Å². The Kier molecular flexibility index (Phi) is 4.91. The number of hydrogen-bond acceptors (Lipinski definition) is 3. The van der Waals surface area contributed by atoms with Crippen molar-refractivity contribution in [2.75, 3.05) is 0 Å². The molecule has 5 heteroatoms. The molecule has 0 bridgehead atoms. The van der Waals surface area contributed by atoms with Gasteiger partial charge in [-0.1, -0.05) is 29.6 Å². The number of oxime groups is 1. The van der Waals surface area contributed by atoms with Gasteiger partial charge in [0, 0.05) is 5.56 Å². The minimum atomic E-state index is 0.0444. The molecule has 0 amide bonds. The van der Waals surface area contributed by atoms with Gasteiger partial charge in [-0.25, -0.2) is 0 Å². The Morgan fingerprint density at radius 2 is 1.95 bits per heavy atom. The Morgan fingerprint density at radius 1 is 1.26 bits per heavy atom. The van der Waals surface area contributed by atoms with E-state index < -0.39 is 0 Å². The van der Waals surface area contributed by atoms with Crippen molar-refractivity contribution in [3.05, 3.63) is 28.8 Å². The molecule has 1 saturated carbocycles. The van der Waals surface area contributed by atoms with Crippen LogP contribution in [0.3, 0.4) is 0 Å². The summed E-state index contributed by atoms with van der Waals surface area (Å²) in [6.07, 6.45) is 7.41. The number of nitrogens with two attached hydrogens (primary N) is 1. The number of nitrogens with zero attached hydrogens (tertiary/aromatic N) is 1. The molecule has 1 aromatic rings. The maximum absolute atomic E-state index is 8.63. The molecule has 1 fully saturated rings. The first-order valence-corrected chi connectivity index (χ1v) is 7.02. The topological polar surface area (TPSA) is 67.8 Å². The Morgan fingerprint density at radius 3 is 2.53 bits per heavy atom. The number of benzene rings is 1. The molecule has 0 aromatic heterocycles. The first-order valence-electron chi connectivity index (χ1n) is 6.65. The Bertz CT molecular complexity index is 455. The van der Waals surface area contributed by atoms with Crippen LogP contribution in [0.5, 0.6) is 5.75 Å². The van der Waals surface area contributed by atoms with E-state index in [0.717, 1.165) is 12.8 Å². The van der Waals surface area contributed by atoms with Crippen LogP contribution in [0.2, 0.25) is 5.02 Å². The molecular weight excluding hydrogens is 264 g/mol. The van der Waals surface area contributed by atoms with Gasteiger partial charge in [0.2, 0.25) is 0 Å². The number of rotatable bonds is 3. The zero-order valence-corrected chi connectivity index (χ0v) is 11.6. The fourth-order valence-electron chi connectivity index (χ4n) is 2.35. The predicted molar refractivity (Wildman–Crippen MR) is 76.1 cm³/mol. The second kappa shape index (κ2) is 6.66. The average Bonchev–Trinajstić information content (AvgIpc) is 2.68. The lowest BCUT2D eigenvalue weighted by molar-refractivity contribution is 0.184. The molecule has 0 saturated heterocycles. The monoisotopic (exact) mass is 282 g/mol. The fourth-order valence-corrected chi connectivity index (χ4v) is 2.58. The molecular formula is C14H19ClN2O2. The second-order valence-corrected chi connectivity index (χ2v) is 5.27. The van der Waals surface area contributed by atoms with E-state index in [1.165, 1.54) is 25.7 Å². The predicted octanol–water partition coefficient (Wildman–Crippen LogP) is 3.54. The highest BCUT2D eigenvalue weighted by molar-refractivity contribution is 6.32. The average molecular weight is 283 g/mol. The lowest BCUT2D eigenvalue weighted by atomic mass is 10.1. The maximum Gasteiger partial charge on any atom is 0.170 e. The first kappa shape index (κ1) is 14.0. The molecule has 19 heavy (non-hydrogen) atoms. The minimum absolute atomic E-state index is 0.0444. The smallest absolute Gasteiger partial charge is 0.170 e. The molecule has 0 unspecified atom stereocenters. The molecule has 4 nitrogen and oxygen atoms in total. The van der Waals surface area contributed by atoms with E-state index in [2.05, 4.69) is 5.16 Å². The summed E-state index contributed by atoms with van der Waals surface area (Å²) in [4.78, 5) is 0. The van der Waals surface area contributed by atoms with Crippen LogP contribution in [0.1, 0.15) is 44.1 Å². The SMILES string of the molecule is NC(=NO)c1ccc(OC2CCCCCC2)c(Cl)c1. The number of amidine groups is 1. The molecule has 104 valence electrons. The normalized spacial score (nSPS) is 18.1. The van der Waals surface area contributed by atoms with Crippen molar-refractivity contribution in [3.63, 3.8) is 0 Å². The molecule has 0 heterocycles. The molecule has 1 aliphatic rings. The fraction of sp³-hybridized carbons (Fsp3) is 0.500. The van der Waals surface area contributed by atoms with Crippen molar-refractivity contribution in [2.24, 2.45) is 10.9 Å². The molecule has 0 radical (unpaired) electrons. The first-order chi connectivity index (χ1) is 9.20. The van der Waals surface area contributed by atoms with Crippen LogP contribution >= 0.6 is 11.6 Å². The van der Waals surface area contributed by atoms with Crippen molar-refractivity contribution in [2.45, 2.75) is 44.6 Å². The Labute approximate surface area is 118 Å². The van der Waals surface area contributed by atoms with Gasteiger partial charge in [0.1, 0.15) is 5.75 Å². The van der Waals surface area contributed by atoms with Gasteiger partial charge in [0.05, 0.1) is 11.1 Å². The lowest BCUT2D eigenvalue weighted by Crippen LogP contribution is -2.16. The summed E-state index contributed by atoms with van der Waals surface area (Å²) < 4.78 is 5.96. The van der Waals surface area contributed by atoms with Crippen LogP contribution in [-0.4, -0.2) is 17.1 Å². The van der Waals surface area contributed by atoms with E-state index in [4.69, 9.17) is 27.3 Å². The largest absolute Gasteiger partial charge is 0.489 e. The van der Waals surface area contributed by atoms with E-state index in [-0.39, 0.29) is 11.9 Å². The number of ether oxygens (including phenoxy) is 1. The van der Waals surface area contributed by atoms with Crippen molar-refractivity contribution in [1.82, 2.24) is 0 Å². The summed E-state index contributed by atoms with van der Waals surface area (Å²) in [6.45, 7) is 0. The molecule has 2 rings (SSSR count). The van der Waals surface area contributed by atoms with Crippen LogP contribution in [0.25, 0.3) is 0 Å². The van der Waals surface area contributed by atoms with Crippen LogP contribution in [0.4, 0.5) is 0 Å². The molecule has 0 atom stereocenters. The third kappa shape index (κ3) is 3.77. The molecule has 1 aromatic carbocycles. The lowest BCUT2D eigenvalue weighted by Gasteiger charge is -2.18. The zero-order valence-electron chi connectivity index (χ0n) is 10.8. The Hall–Kier alpha value is -1.42. The molecule has 1 aliphatic carbocycles. The van der Waals surface area contributed by atoms with E-state index in [1.54, 1.807) is 18.2 Å². The third-order valence-electron chi connectivity index (χ3n) is 3.43. The Balaban J connectivity index is 2.08. The van der Waals surface area contributed by atoms with Crippen LogP contribution in [-0.2, 0) is 0 Å². The van der Waals surface area contributed by atoms with Crippen molar-refractivity contribution in [3.8, 4) is 5.75 Å². The van der Waals surface area contributed by atoms with E-state index >= 15 is 0 Å². The maximum atomic E-state index is 8.63. The summed E-state index contributed by atoms with van der Waals surface area (Å²) in [7, 11) is 0. The van der Waals surface area contributed by atoms with Gasteiger partial charge in [-0.2, -0.15) is 0 Å². The van der Waals surface area contributed by atoms with E-state index in [1.807, 2.05) is 0 Å². The third-order valence-corrected chi connectivity index (χ3v) is 3.73. The summed E-state index contributed by atoms with van der Waals surface area (Å²) in [5, 5.41) is 12.1. The van der Waals surface area contributed by atoms with Gasteiger partial charge in [0.25, 0.3) is 0 Å². The van der Waals surface area contributed by atoms with Gasteiger partial charge in [-0.3, -0.25) is 0 Å². The zero-order chi connectivity index (χ0) is 13.7. The molecule has 0 spiro atoms. The highest BCUT2D eigenvalue weighted by Crippen LogP contribution is 2.29. The van der Waals surface area contributed by atoms with Gasteiger partial charge in [-0.15, -0.1) is 0 Å². The summed E-state index contributed by atoms with van der Waals surface area (Å²) >= 11 is 6.17. The van der Waals surface area contributed by atoms with Gasteiger partial charge >= 0.3 is 0 Å². The van der Waals surface area contributed by atoms with Crippen molar-refractivity contribution < 1.29 is 9.94 Å². The summed E-state index contributed by atoms with van der Waals surface area (Å²) in [6, 6.07) is 5.18. The summed E-state index contributed by atoms with van der Waals surface area (Å²) in [5.74, 6) is 0.714. The molecule has 0 aliphatic heterocycles.